The number of nitrogens with zero attached hydrogens (tertiary/aromatic N) is 4. The predicted octanol–water partition coefficient (Wildman–Crippen LogP) is 4.35. The monoisotopic (exact) mass is 605 g/mol. The second kappa shape index (κ2) is 14.8. The molecule has 1 aromatic heterocycles. The number of hydrogen-bond donors (Lipinski definition) is 1. The third-order valence-corrected chi connectivity index (χ3v) is 8.42. The summed E-state index contributed by atoms with van der Waals surface area (Å²) in [5.74, 6) is -1.23. The van der Waals surface area contributed by atoms with Gasteiger partial charge in [0.05, 0.1) is 25.7 Å². The highest BCUT2D eigenvalue weighted by atomic mass is 31.2. The van der Waals surface area contributed by atoms with Gasteiger partial charge in [0.1, 0.15) is 11.9 Å². The van der Waals surface area contributed by atoms with Gasteiger partial charge in [0.2, 0.25) is 0 Å². The van der Waals surface area contributed by atoms with Gasteiger partial charge < -0.3 is 23.8 Å². The topological polar surface area (TPSA) is 145 Å². The number of esters is 1. The van der Waals surface area contributed by atoms with Crippen LogP contribution in [0.15, 0.2) is 47.4 Å². The number of carbonyl (C=O) groups is 2. The number of amides is 1. The summed E-state index contributed by atoms with van der Waals surface area (Å²) in [6, 6.07) is 11.8. The number of benzene rings is 1. The van der Waals surface area contributed by atoms with E-state index < -0.39 is 50.2 Å². The van der Waals surface area contributed by atoms with Crippen LogP contribution in [0.2, 0.25) is 0 Å². The first-order chi connectivity index (χ1) is 19.9. The molecule has 3 rings (SSSR count). The minimum absolute atomic E-state index is 0.0247. The molecular weight excluding hydrogens is 568 g/mol. The lowest BCUT2D eigenvalue weighted by molar-refractivity contribution is -0.155. The van der Waals surface area contributed by atoms with Gasteiger partial charge in [-0.3, -0.25) is 14.2 Å². The van der Waals surface area contributed by atoms with Crippen LogP contribution in [0, 0.1) is 11.3 Å². The third kappa shape index (κ3) is 8.18. The summed E-state index contributed by atoms with van der Waals surface area (Å²) in [6.45, 7) is 10.1. The Morgan fingerprint density at radius 1 is 1.21 bits per heavy atom. The fraction of sp³-hybridized carbons (Fsp3) is 0.536. The number of carbonyl (C=O) groups excluding carboxylic acids is 2. The van der Waals surface area contributed by atoms with Crippen LogP contribution in [0.1, 0.15) is 64.5 Å². The Hall–Kier alpha value is -3.27. The fourth-order valence-electron chi connectivity index (χ4n) is 4.60. The van der Waals surface area contributed by atoms with E-state index in [1.165, 1.54) is 19.2 Å². The Morgan fingerprint density at radius 3 is 2.45 bits per heavy atom. The fourth-order valence-corrected chi connectivity index (χ4v) is 6.21. The Morgan fingerprint density at radius 2 is 1.88 bits per heavy atom. The summed E-state index contributed by atoms with van der Waals surface area (Å²) in [5, 5.41) is 11.5. The van der Waals surface area contributed by atoms with Crippen LogP contribution < -0.4 is 11.0 Å². The average molecular weight is 606 g/mol. The molecule has 0 bridgehead atoms. The van der Waals surface area contributed by atoms with Gasteiger partial charge in [-0.05, 0) is 52.8 Å². The summed E-state index contributed by atoms with van der Waals surface area (Å²) in [4.78, 5) is 41.3. The van der Waals surface area contributed by atoms with E-state index >= 15 is 4.39 Å². The smallest absolute Gasteiger partial charge is 0.351 e. The first-order valence-electron chi connectivity index (χ1n) is 13.5. The van der Waals surface area contributed by atoms with Crippen molar-refractivity contribution in [2.24, 2.45) is 0 Å². The van der Waals surface area contributed by atoms with Crippen molar-refractivity contribution in [1.82, 2.24) is 14.2 Å². The lowest BCUT2D eigenvalue weighted by Gasteiger charge is -2.36. The Kier molecular flexibility index (Phi) is 11.7. The van der Waals surface area contributed by atoms with Crippen molar-refractivity contribution in [3.8, 4) is 6.07 Å². The number of nitriles is 1. The van der Waals surface area contributed by atoms with Gasteiger partial charge in [-0.15, -0.1) is 0 Å². The van der Waals surface area contributed by atoms with Crippen LogP contribution in [0.4, 0.5) is 10.2 Å². The van der Waals surface area contributed by atoms with Gasteiger partial charge >= 0.3 is 11.7 Å². The van der Waals surface area contributed by atoms with Crippen LogP contribution in [-0.4, -0.2) is 69.3 Å². The second-order valence-corrected chi connectivity index (χ2v) is 11.8. The van der Waals surface area contributed by atoms with Crippen LogP contribution in [0.3, 0.4) is 0 Å². The first kappa shape index (κ1) is 33.2. The largest absolute Gasteiger partial charge is 0.456 e. The molecule has 228 valence electrons. The Balaban J connectivity index is 1.84. The zero-order valence-electron chi connectivity index (χ0n) is 24.5. The lowest BCUT2D eigenvalue weighted by atomic mass is 9.98. The molecule has 1 fully saturated rings. The van der Waals surface area contributed by atoms with Gasteiger partial charge in [-0.25, -0.2) is 13.9 Å². The van der Waals surface area contributed by atoms with Crippen LogP contribution in [0.25, 0.3) is 0 Å². The maximum absolute atomic E-state index is 16.3. The molecular formula is C28H37FN5O7P. The molecule has 5 unspecified atom stereocenters. The average Bonchev–Trinajstić information content (AvgIpc) is 3.16. The molecule has 42 heavy (non-hydrogen) atoms. The van der Waals surface area contributed by atoms with Crippen molar-refractivity contribution in [1.29, 1.82) is 5.26 Å². The molecule has 0 aliphatic carbocycles. The van der Waals surface area contributed by atoms with Gasteiger partial charge in [-0.1, -0.05) is 18.2 Å². The van der Waals surface area contributed by atoms with E-state index in [0.29, 0.717) is 5.56 Å². The zero-order chi connectivity index (χ0) is 31.0. The lowest BCUT2D eigenvalue weighted by Crippen LogP contribution is -2.45. The highest BCUT2D eigenvalue weighted by Gasteiger charge is 2.58. The molecule has 1 amide bonds. The minimum Gasteiger partial charge on any atom is -0.456 e. The molecule has 1 saturated heterocycles. The van der Waals surface area contributed by atoms with Crippen LogP contribution >= 0.6 is 8.53 Å². The third-order valence-electron chi connectivity index (χ3n) is 6.35. The molecule has 0 spiro atoms. The first-order valence-corrected chi connectivity index (χ1v) is 14.7. The normalized spacial score (nSPS) is 22.7. The van der Waals surface area contributed by atoms with E-state index in [0.717, 1.165) is 11.5 Å². The summed E-state index contributed by atoms with van der Waals surface area (Å²) in [6.07, 6.45) is -2.64. The van der Waals surface area contributed by atoms with E-state index in [4.69, 9.17) is 23.8 Å². The summed E-state index contributed by atoms with van der Waals surface area (Å²) in [7, 11) is -1.69. The van der Waals surface area contributed by atoms with Crippen LogP contribution in [0.5, 0.6) is 0 Å². The molecule has 1 aliphatic heterocycles. The number of rotatable bonds is 13. The van der Waals surface area contributed by atoms with Crippen molar-refractivity contribution in [2.75, 3.05) is 18.5 Å². The number of alkyl halides is 1. The maximum Gasteiger partial charge on any atom is 0.351 e. The van der Waals surface area contributed by atoms with Crippen LogP contribution in [-0.2, 0) is 23.3 Å². The molecule has 14 heteroatoms. The molecule has 1 aromatic carbocycles. The van der Waals surface area contributed by atoms with Gasteiger partial charge in [0.15, 0.2) is 18.0 Å². The maximum atomic E-state index is 16.3. The van der Waals surface area contributed by atoms with E-state index in [1.807, 2.05) is 38.4 Å². The summed E-state index contributed by atoms with van der Waals surface area (Å²) < 4.78 is 42.6. The molecule has 12 nitrogen and oxygen atoms in total. The van der Waals surface area contributed by atoms with Crippen molar-refractivity contribution in [3.05, 3.63) is 58.6 Å². The number of ether oxygens (including phenoxy) is 2. The highest BCUT2D eigenvalue weighted by molar-refractivity contribution is 7.44. The predicted molar refractivity (Wildman–Crippen MR) is 153 cm³/mol. The van der Waals surface area contributed by atoms with E-state index in [2.05, 4.69) is 10.3 Å². The molecule has 5 atom stereocenters. The van der Waals surface area contributed by atoms with E-state index in [9.17, 15) is 14.4 Å². The number of anilines is 1. The minimum atomic E-state index is -2.36. The Labute approximate surface area is 245 Å². The van der Waals surface area contributed by atoms with Gasteiger partial charge in [-0.2, -0.15) is 10.2 Å². The number of halogens is 1. The molecule has 0 radical (unpaired) electrons. The quantitative estimate of drug-likeness (QED) is 0.199. The van der Waals surface area contributed by atoms with Gasteiger partial charge in [0, 0.05) is 30.8 Å². The van der Waals surface area contributed by atoms with Crippen molar-refractivity contribution in [2.45, 2.75) is 84.2 Å². The zero-order valence-corrected chi connectivity index (χ0v) is 25.4. The van der Waals surface area contributed by atoms with E-state index in [1.54, 1.807) is 30.3 Å². The standard InChI is InChI=1S/C28H37FN5O7P/c1-18(2)34(19(3)4)42(38-16-10-14-30)39-17-22-24(40-20(5)35)28(6,29)26(41-22)33-15-13-23(32-27(33)37)31-25(36)21-11-8-7-9-12-21/h7-9,11-13,15,18-19,22,24,26H,10,16-17H2,1-6H3,(H,31,32,36,37). The van der Waals surface area contributed by atoms with Crippen molar-refractivity contribution in [3.63, 3.8) is 0 Å². The van der Waals surface area contributed by atoms with E-state index in [-0.39, 0.29) is 37.5 Å². The second-order valence-electron chi connectivity index (χ2n) is 10.4. The molecule has 1 aliphatic rings. The Bertz CT molecular complexity index is 1310. The molecule has 2 aromatic rings. The molecule has 0 saturated carbocycles. The SMILES string of the molecule is CC(=O)OC1C(COP(OCCC#N)N(C(C)C)C(C)C)OC(n2ccc(NC(=O)c3ccccc3)nc2=O)C1(C)F. The highest BCUT2D eigenvalue weighted by Crippen LogP contribution is 2.48. The van der Waals surface area contributed by atoms with Crippen molar-refractivity contribution >= 4 is 26.2 Å². The van der Waals surface area contributed by atoms with Crippen molar-refractivity contribution < 1.29 is 32.5 Å². The molecule has 2 heterocycles. The summed E-state index contributed by atoms with van der Waals surface area (Å²) in [5.41, 5.74) is -2.87. The number of nitrogens with one attached hydrogen (secondary N) is 1. The number of aromatic nitrogens is 2. The molecule has 1 N–H and O–H groups in total. The summed E-state index contributed by atoms with van der Waals surface area (Å²) >= 11 is 0. The van der Waals surface area contributed by atoms with Gasteiger partial charge in [0.25, 0.3) is 14.4 Å². The number of hydrogen-bond acceptors (Lipinski definition) is 10.